The van der Waals surface area contributed by atoms with Crippen molar-refractivity contribution < 1.29 is 24.9 Å². The van der Waals surface area contributed by atoms with Crippen LogP contribution >= 0.6 is 0 Å². The highest BCUT2D eigenvalue weighted by Gasteiger charge is 2.10. The highest BCUT2D eigenvalue weighted by Crippen LogP contribution is 2.21. The summed E-state index contributed by atoms with van der Waals surface area (Å²) in [5, 5.41) is 33.4. The van der Waals surface area contributed by atoms with Crippen LogP contribution in [0.25, 0.3) is 0 Å². The minimum Gasteiger partial charge on any atom is -0.508 e. The van der Waals surface area contributed by atoms with Crippen LogP contribution in [-0.2, 0) is 11.3 Å². The molecule has 0 fully saturated rings. The van der Waals surface area contributed by atoms with Crippen LogP contribution in [-0.4, -0.2) is 37.0 Å². The first-order valence-electron chi connectivity index (χ1n) is 5.52. The number of phenolic OH excluding ortho intramolecular Hbond substituents is 2. The van der Waals surface area contributed by atoms with E-state index in [2.05, 4.69) is 10.4 Å². The van der Waals surface area contributed by atoms with Crippen LogP contribution in [0, 0.1) is 0 Å². The zero-order chi connectivity index (χ0) is 14.7. The number of anilines is 1. The fourth-order valence-corrected chi connectivity index (χ4v) is 1.58. The smallest absolute Gasteiger partial charge is 0.325 e. The summed E-state index contributed by atoms with van der Waals surface area (Å²) in [6, 6.07) is 3.48. The molecule has 1 aromatic carbocycles. The maximum atomic E-state index is 11.9. The third kappa shape index (κ3) is 3.25. The average molecular weight is 277 g/mol. The lowest BCUT2D eigenvalue weighted by Crippen LogP contribution is -2.11. The molecule has 0 aliphatic carbocycles. The lowest BCUT2D eigenvalue weighted by molar-refractivity contribution is -0.137. The Hall–Kier alpha value is -3.03. The van der Waals surface area contributed by atoms with E-state index in [1.807, 2.05) is 0 Å². The van der Waals surface area contributed by atoms with Crippen molar-refractivity contribution in [3.05, 3.63) is 36.2 Å². The zero-order valence-corrected chi connectivity index (χ0v) is 10.1. The van der Waals surface area contributed by atoms with Crippen LogP contribution in [0.2, 0.25) is 0 Å². The number of carbonyl (C=O) groups is 2. The molecule has 0 spiro atoms. The number of amides is 1. The van der Waals surface area contributed by atoms with Crippen LogP contribution in [0.15, 0.2) is 30.6 Å². The summed E-state index contributed by atoms with van der Waals surface area (Å²) in [4.78, 5) is 22.4. The Morgan fingerprint density at radius 3 is 2.45 bits per heavy atom. The molecule has 0 atom stereocenters. The highest BCUT2D eigenvalue weighted by atomic mass is 16.4. The molecule has 20 heavy (non-hydrogen) atoms. The Morgan fingerprint density at radius 2 is 1.85 bits per heavy atom. The summed E-state index contributed by atoms with van der Waals surface area (Å²) in [7, 11) is 0. The van der Waals surface area contributed by atoms with Crippen molar-refractivity contribution in [2.45, 2.75) is 6.54 Å². The largest absolute Gasteiger partial charge is 0.508 e. The third-order valence-corrected chi connectivity index (χ3v) is 2.35. The van der Waals surface area contributed by atoms with Gasteiger partial charge in [-0.3, -0.25) is 14.3 Å². The molecular weight excluding hydrogens is 266 g/mol. The molecule has 1 amide bonds. The maximum Gasteiger partial charge on any atom is 0.325 e. The van der Waals surface area contributed by atoms with E-state index in [1.54, 1.807) is 0 Å². The fraction of sp³-hybridized carbons (Fsp3) is 0.0833. The minimum absolute atomic E-state index is 0.0634. The van der Waals surface area contributed by atoms with Crippen LogP contribution in [0.4, 0.5) is 5.69 Å². The number of carbonyl (C=O) groups excluding carboxylic acids is 1. The van der Waals surface area contributed by atoms with E-state index in [-0.39, 0.29) is 23.6 Å². The van der Waals surface area contributed by atoms with Gasteiger partial charge in [-0.2, -0.15) is 5.10 Å². The highest BCUT2D eigenvalue weighted by molar-refractivity contribution is 6.04. The van der Waals surface area contributed by atoms with Gasteiger partial charge in [0.05, 0.1) is 11.9 Å². The predicted molar refractivity (Wildman–Crippen MR) is 67.6 cm³/mol. The number of carboxylic acids is 1. The summed E-state index contributed by atoms with van der Waals surface area (Å²) >= 11 is 0. The number of hydrogen-bond donors (Lipinski definition) is 4. The van der Waals surface area contributed by atoms with Gasteiger partial charge in [0.1, 0.15) is 18.0 Å². The van der Waals surface area contributed by atoms with Crippen molar-refractivity contribution in [2.24, 2.45) is 0 Å². The summed E-state index contributed by atoms with van der Waals surface area (Å²) in [5.41, 5.74) is 0.368. The topological polar surface area (TPSA) is 125 Å². The van der Waals surface area contributed by atoms with Gasteiger partial charge in [0.15, 0.2) is 0 Å². The molecule has 8 nitrogen and oxygen atoms in total. The second-order valence-corrected chi connectivity index (χ2v) is 4.01. The molecule has 0 aliphatic heterocycles. The van der Waals surface area contributed by atoms with Gasteiger partial charge in [-0.05, 0) is 12.1 Å². The van der Waals surface area contributed by atoms with Crippen molar-refractivity contribution in [3.8, 4) is 11.5 Å². The number of aromatic hydroxyl groups is 2. The molecular formula is C12H11N3O5. The number of carboxylic acid groups (broad SMARTS) is 1. The molecule has 4 N–H and O–H groups in total. The Labute approximate surface area is 112 Å². The summed E-state index contributed by atoms with van der Waals surface area (Å²) in [6.45, 7) is -0.317. The number of aromatic nitrogens is 2. The molecule has 104 valence electrons. The quantitative estimate of drug-likeness (QED) is 0.649. The molecule has 2 aromatic rings. The van der Waals surface area contributed by atoms with Gasteiger partial charge in [0, 0.05) is 17.8 Å². The number of aliphatic carboxylic acids is 1. The number of hydrogen-bond acceptors (Lipinski definition) is 5. The van der Waals surface area contributed by atoms with Gasteiger partial charge >= 0.3 is 5.97 Å². The van der Waals surface area contributed by atoms with Gasteiger partial charge in [0.2, 0.25) is 0 Å². The van der Waals surface area contributed by atoms with Crippen LogP contribution in [0.5, 0.6) is 11.5 Å². The number of rotatable bonds is 4. The van der Waals surface area contributed by atoms with Crippen molar-refractivity contribution in [1.29, 1.82) is 0 Å². The van der Waals surface area contributed by atoms with Crippen LogP contribution in [0.3, 0.4) is 0 Å². The molecule has 2 rings (SSSR count). The van der Waals surface area contributed by atoms with Crippen molar-refractivity contribution >= 4 is 17.6 Å². The Balaban J connectivity index is 2.11. The van der Waals surface area contributed by atoms with E-state index in [0.717, 1.165) is 10.7 Å². The first-order valence-corrected chi connectivity index (χ1v) is 5.52. The zero-order valence-electron chi connectivity index (χ0n) is 10.1. The van der Waals surface area contributed by atoms with Crippen LogP contribution in [0.1, 0.15) is 10.4 Å². The number of benzene rings is 1. The lowest BCUT2D eigenvalue weighted by Gasteiger charge is -2.04. The molecule has 0 saturated carbocycles. The molecule has 8 heteroatoms. The molecule has 0 radical (unpaired) electrons. The Bertz CT molecular complexity index is 645. The third-order valence-electron chi connectivity index (χ3n) is 2.35. The molecule has 0 saturated heterocycles. The van der Waals surface area contributed by atoms with Crippen molar-refractivity contribution in [2.75, 3.05) is 5.32 Å². The predicted octanol–water partition coefficient (Wildman–Crippen LogP) is 0.631. The average Bonchev–Trinajstić information content (AvgIpc) is 2.74. The first kappa shape index (κ1) is 13.4. The first-order chi connectivity index (χ1) is 9.44. The van der Waals surface area contributed by atoms with Gasteiger partial charge in [0.25, 0.3) is 5.91 Å². The van der Waals surface area contributed by atoms with Gasteiger partial charge < -0.3 is 20.6 Å². The van der Waals surface area contributed by atoms with E-state index in [4.69, 9.17) is 5.11 Å². The molecule has 0 bridgehead atoms. The van der Waals surface area contributed by atoms with Gasteiger partial charge in [-0.25, -0.2) is 0 Å². The van der Waals surface area contributed by atoms with Crippen LogP contribution < -0.4 is 5.32 Å². The SMILES string of the molecule is O=C(O)Cn1cc(NC(=O)c2cc(O)cc(O)c2)cn1. The molecule has 1 heterocycles. The molecule has 0 aliphatic rings. The van der Waals surface area contributed by atoms with E-state index in [1.165, 1.54) is 24.5 Å². The number of nitrogens with one attached hydrogen (secondary N) is 1. The summed E-state index contributed by atoms with van der Waals surface area (Å²) in [6.07, 6.45) is 2.65. The monoisotopic (exact) mass is 277 g/mol. The summed E-state index contributed by atoms with van der Waals surface area (Å²) in [5.74, 6) is -2.09. The van der Waals surface area contributed by atoms with Crippen molar-refractivity contribution in [3.63, 3.8) is 0 Å². The van der Waals surface area contributed by atoms with E-state index >= 15 is 0 Å². The Kier molecular flexibility index (Phi) is 3.56. The number of nitrogens with zero attached hydrogens (tertiary/aromatic N) is 2. The maximum absolute atomic E-state index is 11.9. The second kappa shape index (κ2) is 5.31. The lowest BCUT2D eigenvalue weighted by atomic mass is 10.2. The second-order valence-electron chi connectivity index (χ2n) is 4.01. The van der Waals surface area contributed by atoms with Crippen molar-refractivity contribution in [1.82, 2.24) is 9.78 Å². The summed E-state index contributed by atoms with van der Waals surface area (Å²) < 4.78 is 1.15. The van der Waals surface area contributed by atoms with E-state index in [0.29, 0.717) is 5.69 Å². The molecule has 0 unspecified atom stereocenters. The minimum atomic E-state index is -1.05. The van der Waals surface area contributed by atoms with Gasteiger partial charge in [-0.1, -0.05) is 0 Å². The number of phenols is 2. The fourth-order valence-electron chi connectivity index (χ4n) is 1.58. The standard InChI is InChI=1S/C12H11N3O5/c16-9-1-7(2-10(17)3-9)12(20)14-8-4-13-15(5-8)6-11(18)19/h1-5,16-17H,6H2,(H,14,20)(H,18,19). The Morgan fingerprint density at radius 1 is 1.20 bits per heavy atom. The van der Waals surface area contributed by atoms with Gasteiger partial charge in [-0.15, -0.1) is 0 Å². The van der Waals surface area contributed by atoms with E-state index < -0.39 is 11.9 Å². The van der Waals surface area contributed by atoms with E-state index in [9.17, 15) is 19.8 Å². The molecule has 1 aromatic heterocycles. The normalized spacial score (nSPS) is 10.2.